The third kappa shape index (κ3) is 2.62. The Morgan fingerprint density at radius 2 is 2.29 bits per heavy atom. The molecule has 2 aromatic heterocycles. The lowest BCUT2D eigenvalue weighted by Gasteiger charge is -2.15. The van der Waals surface area contributed by atoms with Gasteiger partial charge in [0.15, 0.2) is 5.69 Å². The summed E-state index contributed by atoms with van der Waals surface area (Å²) in [4.78, 5) is 18.5. The van der Waals surface area contributed by atoms with Gasteiger partial charge in [-0.05, 0) is 23.6 Å². The first-order valence-corrected chi connectivity index (χ1v) is 5.98. The lowest BCUT2D eigenvalue weighted by molar-refractivity contribution is 0.0777. The molecule has 2 heterocycles. The van der Waals surface area contributed by atoms with Gasteiger partial charge in [0.25, 0.3) is 5.91 Å². The molecule has 2 rings (SSSR count). The Morgan fingerprint density at radius 1 is 1.47 bits per heavy atom. The van der Waals surface area contributed by atoms with Gasteiger partial charge >= 0.3 is 0 Å². The van der Waals surface area contributed by atoms with Gasteiger partial charge < -0.3 is 10.0 Å². The van der Waals surface area contributed by atoms with E-state index in [0.717, 1.165) is 4.88 Å². The lowest BCUT2D eigenvalue weighted by atomic mass is 10.3. The van der Waals surface area contributed by atoms with Crippen molar-refractivity contribution in [2.24, 2.45) is 0 Å². The molecule has 0 aliphatic rings. The number of nitrogens with zero attached hydrogens (tertiary/aromatic N) is 2. The van der Waals surface area contributed by atoms with Gasteiger partial charge in [-0.1, -0.05) is 6.07 Å². The summed E-state index contributed by atoms with van der Waals surface area (Å²) >= 11 is 1.59. The number of carbonyl (C=O) groups is 1. The maximum Gasteiger partial charge on any atom is 0.276 e. The summed E-state index contributed by atoms with van der Waals surface area (Å²) in [5.74, 6) is -0.368. The molecule has 5 heteroatoms. The van der Waals surface area contributed by atoms with Crippen molar-refractivity contribution in [3.05, 3.63) is 46.4 Å². The third-order valence-electron chi connectivity index (χ3n) is 2.31. The first-order chi connectivity index (χ1) is 8.18. The van der Waals surface area contributed by atoms with Gasteiger partial charge in [-0.15, -0.1) is 11.3 Å². The standard InChI is InChI=1S/C12H12N2O2S/c1-14(8-9-4-3-7-17-9)12(16)11-10(15)5-2-6-13-11/h2-7,15H,8H2,1H3. The van der Waals surface area contributed by atoms with Gasteiger partial charge in [-0.3, -0.25) is 4.79 Å². The smallest absolute Gasteiger partial charge is 0.276 e. The van der Waals surface area contributed by atoms with E-state index in [1.165, 1.54) is 17.2 Å². The molecule has 0 saturated heterocycles. The Labute approximate surface area is 103 Å². The van der Waals surface area contributed by atoms with Gasteiger partial charge in [-0.2, -0.15) is 0 Å². The predicted molar refractivity (Wildman–Crippen MR) is 66.0 cm³/mol. The number of amides is 1. The van der Waals surface area contributed by atoms with Crippen LogP contribution in [0.3, 0.4) is 0 Å². The second-order valence-electron chi connectivity index (χ2n) is 3.61. The molecule has 0 radical (unpaired) electrons. The molecule has 0 saturated carbocycles. The zero-order valence-electron chi connectivity index (χ0n) is 9.33. The van der Waals surface area contributed by atoms with E-state index in [2.05, 4.69) is 4.98 Å². The van der Waals surface area contributed by atoms with E-state index in [9.17, 15) is 9.90 Å². The van der Waals surface area contributed by atoms with E-state index < -0.39 is 0 Å². The summed E-state index contributed by atoms with van der Waals surface area (Å²) in [6, 6.07) is 6.95. The first-order valence-electron chi connectivity index (χ1n) is 5.10. The highest BCUT2D eigenvalue weighted by Crippen LogP contribution is 2.17. The van der Waals surface area contributed by atoms with Crippen LogP contribution >= 0.6 is 11.3 Å². The molecular weight excluding hydrogens is 236 g/mol. The van der Waals surface area contributed by atoms with Gasteiger partial charge in [0.2, 0.25) is 0 Å². The monoisotopic (exact) mass is 248 g/mol. The molecule has 0 aliphatic carbocycles. The molecule has 0 aliphatic heterocycles. The molecule has 0 bridgehead atoms. The average molecular weight is 248 g/mol. The zero-order chi connectivity index (χ0) is 12.3. The fraction of sp³-hybridized carbons (Fsp3) is 0.167. The second kappa shape index (κ2) is 4.97. The van der Waals surface area contributed by atoms with Crippen molar-refractivity contribution in [1.82, 2.24) is 9.88 Å². The topological polar surface area (TPSA) is 53.4 Å². The molecule has 4 nitrogen and oxygen atoms in total. The third-order valence-corrected chi connectivity index (χ3v) is 3.17. The van der Waals surface area contributed by atoms with Crippen molar-refractivity contribution >= 4 is 17.2 Å². The molecule has 1 N–H and O–H groups in total. The number of rotatable bonds is 3. The number of pyridine rings is 1. The van der Waals surface area contributed by atoms with Crippen LogP contribution in [-0.2, 0) is 6.54 Å². The Morgan fingerprint density at radius 3 is 2.94 bits per heavy atom. The molecule has 0 spiro atoms. The van der Waals surface area contributed by atoms with Crippen molar-refractivity contribution < 1.29 is 9.90 Å². The summed E-state index contributed by atoms with van der Waals surface area (Å²) in [7, 11) is 1.69. The number of hydrogen-bond acceptors (Lipinski definition) is 4. The van der Waals surface area contributed by atoms with Crippen LogP contribution in [0.5, 0.6) is 5.75 Å². The Hall–Kier alpha value is -1.88. The highest BCUT2D eigenvalue weighted by molar-refractivity contribution is 7.09. The minimum absolute atomic E-state index is 0.0875. The van der Waals surface area contributed by atoms with Gasteiger partial charge in [-0.25, -0.2) is 4.98 Å². The van der Waals surface area contributed by atoms with E-state index in [0.29, 0.717) is 6.54 Å². The molecule has 0 unspecified atom stereocenters. The summed E-state index contributed by atoms with van der Waals surface area (Å²) in [5.41, 5.74) is 0.0894. The van der Waals surface area contributed by atoms with Gasteiger partial charge in [0.1, 0.15) is 5.75 Å². The largest absolute Gasteiger partial charge is 0.505 e. The van der Waals surface area contributed by atoms with E-state index in [-0.39, 0.29) is 17.4 Å². The maximum absolute atomic E-state index is 12.0. The number of hydrogen-bond donors (Lipinski definition) is 1. The van der Waals surface area contributed by atoms with Crippen LogP contribution in [0, 0.1) is 0 Å². The van der Waals surface area contributed by atoms with Gasteiger partial charge in [0, 0.05) is 18.1 Å². The minimum Gasteiger partial charge on any atom is -0.505 e. The number of aromatic nitrogens is 1. The normalized spacial score (nSPS) is 10.2. The first kappa shape index (κ1) is 11.6. The summed E-state index contributed by atoms with van der Waals surface area (Å²) < 4.78 is 0. The van der Waals surface area contributed by atoms with Crippen LogP contribution in [0.4, 0.5) is 0 Å². The molecule has 1 amide bonds. The highest BCUT2D eigenvalue weighted by atomic mass is 32.1. The molecule has 0 fully saturated rings. The number of aromatic hydroxyl groups is 1. The van der Waals surface area contributed by atoms with E-state index >= 15 is 0 Å². The number of thiophene rings is 1. The summed E-state index contributed by atoms with van der Waals surface area (Å²) in [6.45, 7) is 0.520. The van der Waals surface area contributed by atoms with Crippen LogP contribution in [0.25, 0.3) is 0 Å². The highest BCUT2D eigenvalue weighted by Gasteiger charge is 2.17. The van der Waals surface area contributed by atoms with Crippen LogP contribution in [-0.4, -0.2) is 27.9 Å². The quantitative estimate of drug-likeness (QED) is 0.905. The molecular formula is C12H12N2O2S. The van der Waals surface area contributed by atoms with E-state index in [1.807, 2.05) is 17.5 Å². The summed E-state index contributed by atoms with van der Waals surface area (Å²) in [5, 5.41) is 11.5. The van der Waals surface area contributed by atoms with Crippen molar-refractivity contribution in [2.75, 3.05) is 7.05 Å². The second-order valence-corrected chi connectivity index (χ2v) is 4.64. The molecule has 0 aromatic carbocycles. The zero-order valence-corrected chi connectivity index (χ0v) is 10.1. The molecule has 88 valence electrons. The van der Waals surface area contributed by atoms with E-state index in [1.54, 1.807) is 24.5 Å². The maximum atomic E-state index is 12.0. The fourth-order valence-electron chi connectivity index (χ4n) is 1.45. The Kier molecular flexibility index (Phi) is 3.39. The van der Waals surface area contributed by atoms with Crippen LogP contribution < -0.4 is 0 Å². The molecule has 0 atom stereocenters. The Bertz CT molecular complexity index is 511. The lowest BCUT2D eigenvalue weighted by Crippen LogP contribution is -2.26. The van der Waals surface area contributed by atoms with Crippen molar-refractivity contribution in [3.8, 4) is 5.75 Å². The average Bonchev–Trinajstić information content (AvgIpc) is 2.81. The summed E-state index contributed by atoms with van der Waals surface area (Å²) in [6.07, 6.45) is 1.49. The minimum atomic E-state index is -0.281. The fourth-order valence-corrected chi connectivity index (χ4v) is 2.21. The SMILES string of the molecule is CN(Cc1cccs1)C(=O)c1ncccc1O. The Balaban J connectivity index is 2.13. The van der Waals surface area contributed by atoms with Crippen molar-refractivity contribution in [3.63, 3.8) is 0 Å². The predicted octanol–water partition coefficient (Wildman–Crippen LogP) is 2.12. The van der Waals surface area contributed by atoms with Crippen molar-refractivity contribution in [2.45, 2.75) is 6.54 Å². The van der Waals surface area contributed by atoms with Gasteiger partial charge in [0.05, 0.1) is 6.54 Å². The van der Waals surface area contributed by atoms with Crippen molar-refractivity contribution in [1.29, 1.82) is 0 Å². The van der Waals surface area contributed by atoms with E-state index in [4.69, 9.17) is 0 Å². The van der Waals surface area contributed by atoms with Crippen LogP contribution in [0.2, 0.25) is 0 Å². The number of carbonyl (C=O) groups excluding carboxylic acids is 1. The van der Waals surface area contributed by atoms with Crippen LogP contribution in [0.1, 0.15) is 15.4 Å². The van der Waals surface area contributed by atoms with Crippen LogP contribution in [0.15, 0.2) is 35.8 Å². The molecule has 2 aromatic rings. The molecule has 17 heavy (non-hydrogen) atoms.